The van der Waals surface area contributed by atoms with Crippen molar-refractivity contribution >= 4 is 0 Å². The molecule has 1 rings (SSSR count). The number of hydrogen-bond donors (Lipinski definition) is 2. The lowest BCUT2D eigenvalue weighted by Crippen LogP contribution is -2.40. The summed E-state index contributed by atoms with van der Waals surface area (Å²) in [5, 5.41) is 19.1. The third kappa shape index (κ3) is 2.93. The molecule has 0 amide bonds. The van der Waals surface area contributed by atoms with Crippen molar-refractivity contribution in [1.82, 2.24) is 0 Å². The lowest BCUT2D eigenvalue weighted by Gasteiger charge is -2.30. The van der Waals surface area contributed by atoms with E-state index in [4.69, 9.17) is 9.84 Å². The molecule has 0 aromatic carbocycles. The summed E-state index contributed by atoms with van der Waals surface area (Å²) in [7, 11) is 0. The highest BCUT2D eigenvalue weighted by molar-refractivity contribution is 4.89. The summed E-state index contributed by atoms with van der Waals surface area (Å²) in [5.41, 5.74) is -0.644. The lowest BCUT2D eigenvalue weighted by atomic mass is 9.96. The molecule has 0 aliphatic heterocycles. The molecule has 0 aromatic heterocycles. The second-order valence-electron chi connectivity index (χ2n) is 4.14. The topological polar surface area (TPSA) is 49.7 Å². The first-order chi connectivity index (χ1) is 6.04. The fourth-order valence-corrected chi connectivity index (χ4v) is 1.83. The van der Waals surface area contributed by atoms with E-state index < -0.39 is 11.7 Å². The van der Waals surface area contributed by atoms with Crippen LogP contribution in [0.2, 0.25) is 0 Å². The molecule has 13 heavy (non-hydrogen) atoms. The van der Waals surface area contributed by atoms with Crippen molar-refractivity contribution in [3.63, 3.8) is 0 Å². The van der Waals surface area contributed by atoms with Gasteiger partial charge in [0.1, 0.15) is 0 Å². The molecule has 0 radical (unpaired) electrons. The van der Waals surface area contributed by atoms with Crippen LogP contribution < -0.4 is 0 Å². The Morgan fingerprint density at radius 1 is 1.31 bits per heavy atom. The first kappa shape index (κ1) is 11.0. The van der Waals surface area contributed by atoms with Crippen molar-refractivity contribution in [2.24, 2.45) is 0 Å². The zero-order valence-corrected chi connectivity index (χ0v) is 8.49. The molecule has 78 valence electrons. The molecule has 3 nitrogen and oxygen atoms in total. The molecule has 0 aromatic rings. The summed E-state index contributed by atoms with van der Waals surface area (Å²) in [4.78, 5) is 0. The van der Waals surface area contributed by atoms with Gasteiger partial charge in [-0.15, -0.1) is 0 Å². The van der Waals surface area contributed by atoms with Crippen LogP contribution in [-0.2, 0) is 4.74 Å². The molecule has 3 heteroatoms. The monoisotopic (exact) mass is 188 g/mol. The van der Waals surface area contributed by atoms with Crippen LogP contribution in [0.5, 0.6) is 0 Å². The normalized spacial score (nSPS) is 25.8. The van der Waals surface area contributed by atoms with E-state index in [1.807, 2.05) is 6.92 Å². The summed E-state index contributed by atoms with van der Waals surface area (Å²) < 4.78 is 5.39. The number of ether oxygens (including phenoxy) is 1. The largest absolute Gasteiger partial charge is 0.391 e. The third-order valence-corrected chi connectivity index (χ3v) is 2.81. The quantitative estimate of drug-likeness (QED) is 0.694. The minimum Gasteiger partial charge on any atom is -0.391 e. The highest BCUT2D eigenvalue weighted by Gasteiger charge is 2.37. The van der Waals surface area contributed by atoms with E-state index in [2.05, 4.69) is 0 Å². The van der Waals surface area contributed by atoms with Gasteiger partial charge in [0.25, 0.3) is 0 Å². The molecule has 0 heterocycles. The van der Waals surface area contributed by atoms with Crippen LogP contribution in [0.1, 0.15) is 39.5 Å². The molecule has 2 N–H and O–H groups in total. The van der Waals surface area contributed by atoms with Crippen molar-refractivity contribution in [2.75, 3.05) is 6.61 Å². The molecular formula is C10H20O3. The molecule has 0 saturated heterocycles. The van der Waals surface area contributed by atoms with Crippen molar-refractivity contribution in [3.8, 4) is 0 Å². The fourth-order valence-electron chi connectivity index (χ4n) is 1.83. The zero-order valence-electron chi connectivity index (χ0n) is 8.49. The molecule has 1 aliphatic rings. The van der Waals surface area contributed by atoms with Crippen LogP contribution in [0, 0.1) is 0 Å². The van der Waals surface area contributed by atoms with Gasteiger partial charge in [0.15, 0.2) is 0 Å². The Morgan fingerprint density at radius 3 is 2.31 bits per heavy atom. The van der Waals surface area contributed by atoms with Gasteiger partial charge in [-0.2, -0.15) is 0 Å². The van der Waals surface area contributed by atoms with Gasteiger partial charge in [0.05, 0.1) is 24.4 Å². The Kier molecular flexibility index (Phi) is 3.71. The number of rotatable bonds is 4. The molecular weight excluding hydrogens is 168 g/mol. The lowest BCUT2D eigenvalue weighted by molar-refractivity contribution is -0.110. The maximum atomic E-state index is 10.1. The number of hydrogen-bond acceptors (Lipinski definition) is 3. The molecule has 2 unspecified atom stereocenters. The molecule has 0 bridgehead atoms. The summed E-state index contributed by atoms with van der Waals surface area (Å²) in [5.74, 6) is 0. The van der Waals surface area contributed by atoms with Gasteiger partial charge in [0.2, 0.25) is 0 Å². The van der Waals surface area contributed by atoms with Crippen molar-refractivity contribution in [2.45, 2.75) is 57.3 Å². The molecule has 0 spiro atoms. The average molecular weight is 188 g/mol. The van der Waals surface area contributed by atoms with Gasteiger partial charge < -0.3 is 14.9 Å². The smallest absolute Gasteiger partial charge is 0.0905 e. The van der Waals surface area contributed by atoms with E-state index in [1.165, 1.54) is 0 Å². The van der Waals surface area contributed by atoms with E-state index in [0.717, 1.165) is 25.7 Å². The second kappa shape index (κ2) is 4.40. The Morgan fingerprint density at radius 2 is 1.85 bits per heavy atom. The summed E-state index contributed by atoms with van der Waals surface area (Å²) in [6.07, 6.45) is 3.21. The fraction of sp³-hybridized carbons (Fsp3) is 1.00. The first-order valence-electron chi connectivity index (χ1n) is 5.06. The summed E-state index contributed by atoms with van der Waals surface area (Å²) in [6.45, 7) is 3.88. The van der Waals surface area contributed by atoms with Crippen LogP contribution in [-0.4, -0.2) is 34.6 Å². The molecule has 1 fully saturated rings. The standard InChI is InChI=1S/C10H20O3/c1-8(11)7-13-9(2)10(12)5-3-4-6-10/h8-9,11-12H,3-7H2,1-2H3. The Labute approximate surface area is 79.7 Å². The van der Waals surface area contributed by atoms with Crippen LogP contribution >= 0.6 is 0 Å². The van der Waals surface area contributed by atoms with Gasteiger partial charge in [-0.05, 0) is 26.7 Å². The molecule has 1 aliphatic carbocycles. The number of aliphatic hydroxyl groups excluding tert-OH is 1. The highest BCUT2D eigenvalue weighted by Crippen LogP contribution is 2.33. The van der Waals surface area contributed by atoms with Crippen LogP contribution in [0.15, 0.2) is 0 Å². The van der Waals surface area contributed by atoms with Crippen molar-refractivity contribution in [1.29, 1.82) is 0 Å². The zero-order chi connectivity index (χ0) is 9.90. The maximum Gasteiger partial charge on any atom is 0.0905 e. The van der Waals surface area contributed by atoms with Gasteiger partial charge in [-0.1, -0.05) is 12.8 Å². The first-order valence-corrected chi connectivity index (χ1v) is 5.06. The van der Waals surface area contributed by atoms with Crippen LogP contribution in [0.25, 0.3) is 0 Å². The van der Waals surface area contributed by atoms with Crippen LogP contribution in [0.3, 0.4) is 0 Å². The predicted octanol–water partition coefficient (Wildman–Crippen LogP) is 1.08. The summed E-state index contributed by atoms with van der Waals surface area (Å²) in [6, 6.07) is 0. The Hall–Kier alpha value is -0.120. The highest BCUT2D eigenvalue weighted by atomic mass is 16.5. The minimum absolute atomic E-state index is 0.162. The van der Waals surface area contributed by atoms with E-state index in [0.29, 0.717) is 6.61 Å². The SMILES string of the molecule is CC(O)COC(C)C1(O)CCCC1. The van der Waals surface area contributed by atoms with E-state index in [-0.39, 0.29) is 6.10 Å². The Balaban J connectivity index is 2.33. The van der Waals surface area contributed by atoms with Gasteiger partial charge in [-0.3, -0.25) is 0 Å². The second-order valence-corrected chi connectivity index (χ2v) is 4.14. The average Bonchev–Trinajstić information content (AvgIpc) is 2.49. The van der Waals surface area contributed by atoms with Gasteiger partial charge in [-0.25, -0.2) is 0 Å². The van der Waals surface area contributed by atoms with Crippen molar-refractivity contribution < 1.29 is 14.9 Å². The van der Waals surface area contributed by atoms with E-state index in [1.54, 1.807) is 6.92 Å². The predicted molar refractivity (Wildman–Crippen MR) is 50.5 cm³/mol. The third-order valence-electron chi connectivity index (χ3n) is 2.81. The van der Waals surface area contributed by atoms with E-state index in [9.17, 15) is 5.11 Å². The van der Waals surface area contributed by atoms with Gasteiger partial charge >= 0.3 is 0 Å². The van der Waals surface area contributed by atoms with Crippen LogP contribution in [0.4, 0.5) is 0 Å². The summed E-state index contributed by atoms with van der Waals surface area (Å²) >= 11 is 0. The van der Waals surface area contributed by atoms with E-state index >= 15 is 0 Å². The molecule has 2 atom stereocenters. The molecule has 1 saturated carbocycles. The van der Waals surface area contributed by atoms with Crippen molar-refractivity contribution in [3.05, 3.63) is 0 Å². The van der Waals surface area contributed by atoms with Gasteiger partial charge in [0, 0.05) is 0 Å². The number of aliphatic hydroxyl groups is 2. The minimum atomic E-state index is -0.644. The maximum absolute atomic E-state index is 10.1. The Bertz CT molecular complexity index is 150.